The molecule has 146 valence electrons. The molecule has 1 aromatic heterocycles. The summed E-state index contributed by atoms with van der Waals surface area (Å²) >= 11 is 0. The number of alkyl halides is 3. The highest BCUT2D eigenvalue weighted by molar-refractivity contribution is 6.10. The second kappa shape index (κ2) is 6.91. The van der Waals surface area contributed by atoms with Crippen LogP contribution in [0.2, 0.25) is 0 Å². The Hall–Kier alpha value is -3.50. The van der Waals surface area contributed by atoms with Gasteiger partial charge in [0.1, 0.15) is 5.82 Å². The lowest BCUT2D eigenvalue weighted by Crippen LogP contribution is -2.69. The summed E-state index contributed by atoms with van der Waals surface area (Å²) in [5, 5.41) is 2.93. The van der Waals surface area contributed by atoms with E-state index in [0.29, 0.717) is 10.5 Å². The van der Waals surface area contributed by atoms with Crippen LogP contribution < -0.4 is 10.6 Å². The van der Waals surface area contributed by atoms with E-state index >= 15 is 0 Å². The van der Waals surface area contributed by atoms with Gasteiger partial charge >= 0.3 is 12.2 Å². The van der Waals surface area contributed by atoms with Crippen molar-refractivity contribution in [3.63, 3.8) is 0 Å². The molecule has 1 atom stereocenters. The van der Waals surface area contributed by atoms with Gasteiger partial charge in [-0.1, -0.05) is 18.2 Å². The summed E-state index contributed by atoms with van der Waals surface area (Å²) in [6.07, 6.45) is -2.71. The molecule has 1 aliphatic rings. The summed E-state index contributed by atoms with van der Waals surface area (Å²) in [6, 6.07) is 5.87. The van der Waals surface area contributed by atoms with Crippen molar-refractivity contribution in [2.24, 2.45) is 0 Å². The molecule has 2 N–H and O–H groups in total. The van der Waals surface area contributed by atoms with E-state index in [1.165, 1.54) is 47.3 Å². The van der Waals surface area contributed by atoms with Crippen LogP contribution >= 0.6 is 0 Å². The molecule has 0 radical (unpaired) electrons. The number of hydrogen-bond acceptors (Lipinski definition) is 4. The highest BCUT2D eigenvalue weighted by atomic mass is 19.4. The van der Waals surface area contributed by atoms with Crippen LogP contribution in [-0.2, 0) is 11.3 Å². The van der Waals surface area contributed by atoms with Gasteiger partial charge in [-0.3, -0.25) is 24.8 Å². The Balaban J connectivity index is 1.94. The molecule has 7 nitrogen and oxygen atoms in total. The second-order valence-corrected chi connectivity index (χ2v) is 5.86. The monoisotopic (exact) mass is 396 g/mol. The van der Waals surface area contributed by atoms with Gasteiger partial charge in [0.25, 0.3) is 17.5 Å². The third-order valence-corrected chi connectivity index (χ3v) is 4.01. The smallest absolute Gasteiger partial charge is 0.314 e. The van der Waals surface area contributed by atoms with E-state index in [1.54, 1.807) is 0 Å². The van der Waals surface area contributed by atoms with Gasteiger partial charge in [-0.2, -0.15) is 13.2 Å². The van der Waals surface area contributed by atoms with E-state index in [0.717, 1.165) is 12.1 Å². The molecule has 1 saturated heterocycles. The summed E-state index contributed by atoms with van der Waals surface area (Å²) in [5.74, 6) is -4.33. The molecule has 1 aliphatic heterocycles. The molecule has 3 rings (SSSR count). The lowest BCUT2D eigenvalue weighted by Gasteiger charge is -2.29. The van der Waals surface area contributed by atoms with Gasteiger partial charge in [-0.05, 0) is 23.8 Å². The Morgan fingerprint density at radius 1 is 1.18 bits per heavy atom. The Kier molecular flexibility index (Phi) is 4.75. The third-order valence-electron chi connectivity index (χ3n) is 4.01. The number of hydrogen-bond donors (Lipinski definition) is 2. The number of aromatic nitrogens is 1. The van der Waals surface area contributed by atoms with Gasteiger partial charge in [-0.25, -0.2) is 9.18 Å². The first-order chi connectivity index (χ1) is 13.2. The number of nitrogens with zero attached hydrogens (tertiary/aromatic N) is 2. The highest BCUT2D eigenvalue weighted by Gasteiger charge is 2.68. The number of rotatable bonds is 4. The van der Waals surface area contributed by atoms with Gasteiger partial charge < -0.3 is 5.32 Å². The predicted octanol–water partition coefficient (Wildman–Crippen LogP) is 1.96. The maximum absolute atomic E-state index is 13.7. The van der Waals surface area contributed by atoms with E-state index in [-0.39, 0.29) is 0 Å². The number of amides is 4. The van der Waals surface area contributed by atoms with Crippen LogP contribution in [-0.4, -0.2) is 39.6 Å². The number of carbonyl (C=O) groups is 3. The van der Waals surface area contributed by atoms with Gasteiger partial charge in [0.15, 0.2) is 0 Å². The summed E-state index contributed by atoms with van der Waals surface area (Å²) in [6.45, 7) is -0.494. The van der Waals surface area contributed by atoms with Gasteiger partial charge in [-0.15, -0.1) is 0 Å². The fraction of sp³-hybridized carbons (Fsp3) is 0.176. The molecule has 0 spiro atoms. The molecule has 0 unspecified atom stereocenters. The van der Waals surface area contributed by atoms with Gasteiger partial charge in [0, 0.05) is 12.4 Å². The van der Waals surface area contributed by atoms with Crippen LogP contribution in [0.4, 0.5) is 22.4 Å². The largest absolute Gasteiger partial charge is 0.440 e. The van der Waals surface area contributed by atoms with Gasteiger partial charge in [0.05, 0.1) is 12.1 Å². The maximum atomic E-state index is 13.7. The van der Waals surface area contributed by atoms with E-state index < -0.39 is 47.6 Å². The Morgan fingerprint density at radius 3 is 2.50 bits per heavy atom. The molecule has 4 amide bonds. The third kappa shape index (κ3) is 3.26. The summed E-state index contributed by atoms with van der Waals surface area (Å²) in [7, 11) is 0. The van der Waals surface area contributed by atoms with Crippen LogP contribution in [0.25, 0.3) is 0 Å². The number of halogens is 4. The molecule has 0 bridgehead atoms. The minimum Gasteiger partial charge on any atom is -0.314 e. The first-order valence-electron chi connectivity index (χ1n) is 7.82. The molecule has 0 saturated carbocycles. The fourth-order valence-electron chi connectivity index (χ4n) is 2.62. The van der Waals surface area contributed by atoms with Gasteiger partial charge in [0.2, 0.25) is 0 Å². The molecular formula is C17H12F4N4O3. The highest BCUT2D eigenvalue weighted by Crippen LogP contribution is 2.34. The van der Waals surface area contributed by atoms with Crippen LogP contribution in [0.5, 0.6) is 0 Å². The van der Waals surface area contributed by atoms with Crippen LogP contribution in [0.15, 0.2) is 48.8 Å². The zero-order chi connectivity index (χ0) is 20.5. The average molecular weight is 396 g/mol. The maximum Gasteiger partial charge on any atom is 0.440 e. The normalized spacial score (nSPS) is 19.5. The number of pyridine rings is 1. The molecule has 0 aliphatic carbocycles. The van der Waals surface area contributed by atoms with Crippen LogP contribution in [0.1, 0.15) is 15.9 Å². The minimum atomic E-state index is -5.38. The van der Waals surface area contributed by atoms with Crippen LogP contribution in [0.3, 0.4) is 0 Å². The molecule has 2 aromatic rings. The Morgan fingerprint density at radius 2 is 1.89 bits per heavy atom. The van der Waals surface area contributed by atoms with E-state index in [1.807, 2.05) is 0 Å². The second-order valence-electron chi connectivity index (χ2n) is 5.86. The molecular weight excluding hydrogens is 384 g/mol. The lowest BCUT2D eigenvalue weighted by atomic mass is 10.1. The first-order valence-corrected chi connectivity index (χ1v) is 7.82. The van der Waals surface area contributed by atoms with Crippen molar-refractivity contribution < 1.29 is 31.9 Å². The molecule has 11 heteroatoms. The number of carbonyl (C=O) groups excluding carboxylic acids is 3. The molecule has 2 heterocycles. The van der Waals surface area contributed by atoms with Crippen molar-refractivity contribution in [1.29, 1.82) is 0 Å². The van der Waals surface area contributed by atoms with Crippen molar-refractivity contribution >= 4 is 17.8 Å². The standard InChI is InChI=1S/C17H12F4N4O3/c18-12-6-2-1-5-11(12)13(26)23-16(17(19,20)21)14(27)25(15(28)24-16)9-10-4-3-7-22-8-10/h1-8H,9H2,(H,23,26)(H,24,28)/t16-/m0/s1. The Bertz CT molecular complexity index is 935. The average Bonchev–Trinajstić information content (AvgIpc) is 2.88. The van der Waals surface area contributed by atoms with Crippen molar-refractivity contribution in [2.45, 2.75) is 18.4 Å². The number of benzene rings is 1. The first kappa shape index (κ1) is 19.3. The Labute approximate surface area is 155 Å². The van der Waals surface area contributed by atoms with E-state index in [4.69, 9.17) is 0 Å². The van der Waals surface area contributed by atoms with Crippen molar-refractivity contribution in [3.05, 3.63) is 65.7 Å². The quantitative estimate of drug-likeness (QED) is 0.611. The molecule has 28 heavy (non-hydrogen) atoms. The SMILES string of the molecule is O=C(N[C@]1(C(F)(F)F)NC(=O)N(Cc2cccnc2)C1=O)c1ccccc1F. The topological polar surface area (TPSA) is 91.4 Å². The zero-order valence-electron chi connectivity index (χ0n) is 14.0. The zero-order valence-corrected chi connectivity index (χ0v) is 14.0. The molecule has 1 aromatic carbocycles. The summed E-state index contributed by atoms with van der Waals surface area (Å²) in [4.78, 5) is 40.9. The van der Waals surface area contributed by atoms with Crippen molar-refractivity contribution in [2.75, 3.05) is 0 Å². The summed E-state index contributed by atoms with van der Waals surface area (Å²) < 4.78 is 55.0. The number of urea groups is 1. The fourth-order valence-corrected chi connectivity index (χ4v) is 2.62. The van der Waals surface area contributed by atoms with E-state index in [2.05, 4.69) is 4.98 Å². The molecule has 1 fully saturated rings. The van der Waals surface area contributed by atoms with Crippen molar-refractivity contribution in [3.8, 4) is 0 Å². The van der Waals surface area contributed by atoms with Crippen molar-refractivity contribution in [1.82, 2.24) is 20.5 Å². The van der Waals surface area contributed by atoms with Crippen LogP contribution in [0, 0.1) is 5.82 Å². The number of imide groups is 1. The number of nitrogens with one attached hydrogen (secondary N) is 2. The summed E-state index contributed by atoms with van der Waals surface area (Å²) in [5.41, 5.74) is -4.13. The minimum absolute atomic E-state index is 0.296. The lowest BCUT2D eigenvalue weighted by molar-refractivity contribution is -0.200. The predicted molar refractivity (Wildman–Crippen MR) is 86.0 cm³/mol. The van der Waals surface area contributed by atoms with E-state index in [9.17, 15) is 31.9 Å².